The van der Waals surface area contributed by atoms with E-state index in [-0.39, 0.29) is 25.4 Å². The summed E-state index contributed by atoms with van der Waals surface area (Å²) in [4.78, 5) is 0. The van der Waals surface area contributed by atoms with Crippen molar-refractivity contribution in [3.63, 3.8) is 0 Å². The van der Waals surface area contributed by atoms with Crippen LogP contribution in [0.15, 0.2) is 0 Å². The molecule has 15 heavy (non-hydrogen) atoms. The van der Waals surface area contributed by atoms with Gasteiger partial charge in [0.2, 0.25) is 0 Å². The zero-order valence-corrected chi connectivity index (χ0v) is 9.01. The van der Waals surface area contributed by atoms with Crippen molar-refractivity contribution in [2.45, 2.75) is 37.9 Å². The minimum atomic E-state index is -0.140. The summed E-state index contributed by atoms with van der Waals surface area (Å²) < 4.78 is 4.63. The summed E-state index contributed by atoms with van der Waals surface area (Å²) in [6.07, 6.45) is 2.83. The van der Waals surface area contributed by atoms with Crippen molar-refractivity contribution in [3.05, 3.63) is 0 Å². The number of aliphatic hydroxyl groups is 4. The van der Waals surface area contributed by atoms with Crippen LogP contribution in [0.3, 0.4) is 0 Å². The van der Waals surface area contributed by atoms with E-state index in [0.29, 0.717) is 13.2 Å². The molecule has 0 aliphatic heterocycles. The van der Waals surface area contributed by atoms with Gasteiger partial charge in [-0.05, 0) is 25.7 Å². The van der Waals surface area contributed by atoms with Crippen molar-refractivity contribution >= 4 is 0 Å². The highest BCUT2D eigenvalue weighted by molar-refractivity contribution is 4.69. The molecule has 1 rings (SSSR count). The zero-order valence-electron chi connectivity index (χ0n) is 9.01. The first-order valence-electron chi connectivity index (χ1n) is 5.36. The average Bonchev–Trinajstić information content (AvgIpc) is 2.24. The van der Waals surface area contributed by atoms with Crippen molar-refractivity contribution in [2.24, 2.45) is 0 Å². The Kier molecular flexibility index (Phi) is 10.2. The molecule has 4 N–H and O–H groups in total. The van der Waals surface area contributed by atoms with E-state index in [2.05, 4.69) is 4.74 Å². The van der Waals surface area contributed by atoms with E-state index < -0.39 is 0 Å². The Morgan fingerprint density at radius 2 is 1.13 bits per heavy atom. The lowest BCUT2D eigenvalue weighted by Gasteiger charge is -2.20. The molecule has 0 atom stereocenters. The van der Waals surface area contributed by atoms with Gasteiger partial charge in [0.15, 0.2) is 0 Å². The third kappa shape index (κ3) is 10.1. The third-order valence-electron chi connectivity index (χ3n) is 2.14. The fourth-order valence-corrected chi connectivity index (χ4v) is 1.29. The lowest BCUT2D eigenvalue weighted by Crippen LogP contribution is -2.21. The van der Waals surface area contributed by atoms with Crippen LogP contribution in [-0.2, 0) is 4.74 Å². The minimum absolute atomic E-state index is 0.0278. The second-order valence-corrected chi connectivity index (χ2v) is 3.52. The van der Waals surface area contributed by atoms with Gasteiger partial charge in [-0.2, -0.15) is 0 Å². The summed E-state index contributed by atoms with van der Waals surface area (Å²) in [5.41, 5.74) is 0. The molecule has 0 aromatic rings. The van der Waals surface area contributed by atoms with Crippen LogP contribution >= 0.6 is 0 Å². The molecule has 0 aromatic carbocycles. The van der Waals surface area contributed by atoms with Gasteiger partial charge in [-0.15, -0.1) is 0 Å². The number of hydrogen-bond acceptors (Lipinski definition) is 5. The Balaban J connectivity index is 0.000000265. The molecule has 1 fully saturated rings. The molecule has 0 radical (unpaired) electrons. The second kappa shape index (κ2) is 10.3. The number of ether oxygens (including phenoxy) is 1. The van der Waals surface area contributed by atoms with Gasteiger partial charge in [0.05, 0.1) is 38.6 Å². The molecule has 1 saturated carbocycles. The van der Waals surface area contributed by atoms with Gasteiger partial charge in [-0.3, -0.25) is 0 Å². The van der Waals surface area contributed by atoms with Crippen LogP contribution in [0.2, 0.25) is 0 Å². The van der Waals surface area contributed by atoms with Crippen LogP contribution in [0.4, 0.5) is 0 Å². The number of hydrogen-bond donors (Lipinski definition) is 4. The monoisotopic (exact) mass is 222 g/mol. The van der Waals surface area contributed by atoms with Crippen LogP contribution in [0.5, 0.6) is 0 Å². The van der Waals surface area contributed by atoms with Crippen LogP contribution in [0, 0.1) is 0 Å². The molecule has 0 aromatic heterocycles. The predicted octanol–water partition coefficient (Wildman–Crippen LogP) is -0.730. The molecule has 0 bridgehead atoms. The second-order valence-electron chi connectivity index (χ2n) is 3.52. The Hall–Kier alpha value is -0.200. The first-order chi connectivity index (χ1) is 7.20. The third-order valence-corrected chi connectivity index (χ3v) is 2.14. The highest BCUT2D eigenvalue weighted by Gasteiger charge is 2.15. The van der Waals surface area contributed by atoms with E-state index in [9.17, 15) is 0 Å². The van der Waals surface area contributed by atoms with Gasteiger partial charge in [0.25, 0.3) is 0 Å². The molecule has 0 amide bonds. The first-order valence-corrected chi connectivity index (χ1v) is 5.36. The standard InChI is InChI=1S/C6H12O2.C4H10O3/c7-5-1-2-6(8)4-3-5;5-1-3-7-4-2-6/h5-8H,1-4H2;5-6H,1-4H2. The molecule has 0 saturated heterocycles. The summed E-state index contributed by atoms with van der Waals surface area (Å²) in [7, 11) is 0. The lowest BCUT2D eigenvalue weighted by atomic mass is 9.95. The maximum absolute atomic E-state index is 8.92. The Morgan fingerprint density at radius 3 is 1.40 bits per heavy atom. The normalized spacial score (nSPS) is 25.6. The van der Waals surface area contributed by atoms with E-state index >= 15 is 0 Å². The summed E-state index contributed by atoms with van der Waals surface area (Å²) in [6.45, 7) is 0.696. The molecular formula is C10H22O5. The molecule has 5 nitrogen and oxygen atoms in total. The molecule has 5 heteroatoms. The topological polar surface area (TPSA) is 90.2 Å². The van der Waals surface area contributed by atoms with E-state index in [0.717, 1.165) is 25.7 Å². The zero-order chi connectivity index (χ0) is 11.5. The van der Waals surface area contributed by atoms with Crippen LogP contribution in [0.25, 0.3) is 0 Å². The maximum atomic E-state index is 8.92. The van der Waals surface area contributed by atoms with Crippen molar-refractivity contribution < 1.29 is 25.2 Å². The average molecular weight is 222 g/mol. The van der Waals surface area contributed by atoms with Crippen molar-refractivity contribution in [1.29, 1.82) is 0 Å². The number of aliphatic hydroxyl groups excluding tert-OH is 4. The Morgan fingerprint density at radius 1 is 0.800 bits per heavy atom. The lowest BCUT2D eigenvalue weighted by molar-refractivity contribution is 0.0541. The van der Waals surface area contributed by atoms with Crippen molar-refractivity contribution in [2.75, 3.05) is 26.4 Å². The molecular weight excluding hydrogens is 200 g/mol. The fraction of sp³-hybridized carbons (Fsp3) is 1.00. The van der Waals surface area contributed by atoms with Crippen LogP contribution in [0.1, 0.15) is 25.7 Å². The SMILES string of the molecule is OC1CCC(O)CC1.OCCOCCO. The summed E-state index contributed by atoms with van der Waals surface area (Å²) in [5.74, 6) is 0. The molecule has 0 unspecified atom stereocenters. The smallest absolute Gasteiger partial charge is 0.0698 e. The van der Waals surface area contributed by atoms with E-state index in [4.69, 9.17) is 20.4 Å². The van der Waals surface area contributed by atoms with Gasteiger partial charge in [-0.1, -0.05) is 0 Å². The van der Waals surface area contributed by atoms with Gasteiger partial charge in [0.1, 0.15) is 0 Å². The molecule has 0 heterocycles. The fourth-order valence-electron chi connectivity index (χ4n) is 1.29. The summed E-state index contributed by atoms with van der Waals surface area (Å²) in [6, 6.07) is 0. The van der Waals surface area contributed by atoms with Crippen LogP contribution in [-0.4, -0.2) is 59.1 Å². The molecule has 92 valence electrons. The largest absolute Gasteiger partial charge is 0.394 e. The van der Waals surface area contributed by atoms with Gasteiger partial charge in [0, 0.05) is 0 Å². The van der Waals surface area contributed by atoms with Crippen molar-refractivity contribution in [3.8, 4) is 0 Å². The summed E-state index contributed by atoms with van der Waals surface area (Å²) in [5, 5.41) is 34.0. The highest BCUT2D eigenvalue weighted by Crippen LogP contribution is 2.17. The van der Waals surface area contributed by atoms with E-state index in [1.165, 1.54) is 0 Å². The quantitative estimate of drug-likeness (QED) is 0.471. The predicted molar refractivity (Wildman–Crippen MR) is 55.5 cm³/mol. The number of rotatable bonds is 4. The summed E-state index contributed by atoms with van der Waals surface area (Å²) >= 11 is 0. The van der Waals surface area contributed by atoms with Gasteiger partial charge in [-0.25, -0.2) is 0 Å². The van der Waals surface area contributed by atoms with Crippen molar-refractivity contribution in [1.82, 2.24) is 0 Å². The molecule has 1 aliphatic carbocycles. The Bertz CT molecular complexity index is 109. The van der Waals surface area contributed by atoms with Gasteiger partial charge >= 0.3 is 0 Å². The molecule has 1 aliphatic rings. The Labute approximate surface area is 90.3 Å². The molecule has 0 spiro atoms. The van der Waals surface area contributed by atoms with Gasteiger partial charge < -0.3 is 25.2 Å². The highest BCUT2D eigenvalue weighted by atomic mass is 16.5. The van der Waals surface area contributed by atoms with E-state index in [1.807, 2.05) is 0 Å². The van der Waals surface area contributed by atoms with E-state index in [1.54, 1.807) is 0 Å². The maximum Gasteiger partial charge on any atom is 0.0698 e. The minimum Gasteiger partial charge on any atom is -0.394 e. The van der Waals surface area contributed by atoms with Crippen LogP contribution < -0.4 is 0 Å². The first kappa shape index (κ1) is 14.8.